The number of H-pyrrole nitrogens is 1. The van der Waals surface area contributed by atoms with E-state index in [4.69, 9.17) is 0 Å². The van der Waals surface area contributed by atoms with Crippen LogP contribution in [0.3, 0.4) is 0 Å². The van der Waals surface area contributed by atoms with Crippen LogP contribution in [0.5, 0.6) is 0 Å². The maximum Gasteiger partial charge on any atom is 0.416 e. The molecule has 0 saturated heterocycles. The minimum Gasteiger partial charge on any atom is -0.386 e. The highest BCUT2D eigenvalue weighted by molar-refractivity contribution is 9.09. The van der Waals surface area contributed by atoms with Gasteiger partial charge in [-0.3, -0.25) is 9.59 Å². The zero-order valence-corrected chi connectivity index (χ0v) is 50.7. The predicted octanol–water partition coefficient (Wildman–Crippen LogP) is 15.4. The molecule has 9 aromatic carbocycles. The maximum atomic E-state index is 12.8. The summed E-state index contributed by atoms with van der Waals surface area (Å²) in [5.74, 6) is 1.13. The molecule has 0 aliphatic rings. The molecule has 3 aromatic heterocycles. The summed E-state index contributed by atoms with van der Waals surface area (Å²) in [6.07, 6.45) is -13.0. The Bertz CT molecular complexity index is 4350. The molecule has 0 bridgehead atoms. The van der Waals surface area contributed by atoms with Crippen LogP contribution in [0.1, 0.15) is 71.3 Å². The maximum absolute atomic E-state index is 12.8. The number of hydrogen-bond donors (Lipinski definition) is 3. The Balaban J connectivity index is 0.000000156. The lowest BCUT2D eigenvalue weighted by Crippen LogP contribution is -2.13. The normalized spacial score (nSPS) is 11.6. The number of aliphatic hydroxyl groups is 1. The van der Waals surface area contributed by atoms with Gasteiger partial charge in [-0.2, -0.15) is 54.3 Å². The molecule has 0 amide bonds. The monoisotopic (exact) mass is 1350 g/mol. The second-order valence-electron chi connectivity index (χ2n) is 20.5. The minimum absolute atomic E-state index is 0.0436. The first-order valence-corrected chi connectivity index (χ1v) is 29.6. The predicted molar refractivity (Wildman–Crippen MR) is 336 cm³/mol. The zero-order valence-electron chi connectivity index (χ0n) is 49.1. The number of anilines is 2. The summed E-state index contributed by atoms with van der Waals surface area (Å²) in [6.45, 7) is 0.107. The summed E-state index contributed by atoms with van der Waals surface area (Å²) in [5, 5.41) is 52.4. The van der Waals surface area contributed by atoms with E-state index in [2.05, 4.69) is 72.7 Å². The lowest BCUT2D eigenvalue weighted by Gasteiger charge is -2.11. The van der Waals surface area contributed by atoms with Gasteiger partial charge in [-0.25, -0.2) is 0 Å². The summed E-state index contributed by atoms with van der Waals surface area (Å²) in [6, 6.07) is 64.2. The summed E-state index contributed by atoms with van der Waals surface area (Å²) >= 11 is 3.10. The van der Waals surface area contributed by atoms with E-state index < -0.39 is 41.3 Å². The van der Waals surface area contributed by atoms with Gasteiger partial charge in [-0.15, -0.1) is 30.6 Å². The van der Waals surface area contributed by atoms with Gasteiger partial charge in [-0.1, -0.05) is 192 Å². The average molecular weight is 1350 g/mol. The molecule has 26 heteroatoms. The molecule has 12 rings (SSSR count). The van der Waals surface area contributed by atoms with Crippen LogP contribution in [-0.2, 0) is 44.5 Å². The first-order valence-electron chi connectivity index (χ1n) is 28.5. The van der Waals surface area contributed by atoms with Crippen LogP contribution < -0.4 is 5.32 Å². The Kier molecular flexibility index (Phi) is 22.6. The number of rotatable bonds is 17. The van der Waals surface area contributed by atoms with Crippen LogP contribution >= 0.6 is 15.9 Å². The summed E-state index contributed by atoms with van der Waals surface area (Å²) < 4.78 is 114. The molecule has 94 heavy (non-hydrogen) atoms. The number of carbonyl (C=O) groups excluding carboxylic acids is 2. The minimum atomic E-state index is -4.37. The van der Waals surface area contributed by atoms with Crippen molar-refractivity contribution < 1.29 is 54.2 Å². The van der Waals surface area contributed by atoms with Crippen molar-refractivity contribution in [3.8, 4) is 34.2 Å². The second kappa shape index (κ2) is 31.4. The van der Waals surface area contributed by atoms with Gasteiger partial charge in [-0.05, 0) is 117 Å². The van der Waals surface area contributed by atoms with E-state index in [0.717, 1.165) is 75.3 Å². The van der Waals surface area contributed by atoms with E-state index in [1.807, 2.05) is 121 Å². The largest absolute Gasteiger partial charge is 0.416 e. The lowest BCUT2D eigenvalue weighted by atomic mass is 9.98. The smallest absolute Gasteiger partial charge is 0.386 e. The average Bonchev–Trinajstić information content (AvgIpc) is 1.56. The number of aromatic amines is 1. The highest BCUT2D eigenvalue weighted by Crippen LogP contribution is 2.34. The number of Topliss-reactive ketones (excluding diaryl/α,β-unsaturated/α-hetero) is 2. The highest BCUT2D eigenvalue weighted by Gasteiger charge is 2.32. The Labute approximate surface area is 539 Å². The number of nitrogens with zero attached hydrogens (tertiary/aromatic N) is 11. The number of para-hydroxylation sites is 1. The van der Waals surface area contributed by atoms with Gasteiger partial charge in [0.1, 0.15) is 12.6 Å². The van der Waals surface area contributed by atoms with Crippen molar-refractivity contribution >= 4 is 38.9 Å². The van der Waals surface area contributed by atoms with Crippen molar-refractivity contribution in [1.29, 1.82) is 0 Å². The van der Waals surface area contributed by atoms with Crippen LogP contribution in [0, 0.1) is 0 Å². The molecule has 3 N–H and O–H groups in total. The molecule has 478 valence electrons. The Hall–Kier alpha value is -10.9. The molecule has 0 spiro atoms. The first-order chi connectivity index (χ1) is 45.2. The molecular formula is C68H53BrF9N13O3. The van der Waals surface area contributed by atoms with Crippen molar-refractivity contribution in [2.24, 2.45) is 0 Å². The van der Waals surface area contributed by atoms with Gasteiger partial charge in [0.25, 0.3) is 0 Å². The van der Waals surface area contributed by atoms with E-state index >= 15 is 0 Å². The molecule has 16 nitrogen and oxygen atoms in total. The summed E-state index contributed by atoms with van der Waals surface area (Å²) in [5.41, 5.74) is 6.55. The zero-order chi connectivity index (χ0) is 66.7. The number of nitrogens with one attached hydrogen (secondary N) is 2. The number of ketones is 2. The van der Waals surface area contributed by atoms with Crippen molar-refractivity contribution in [2.45, 2.75) is 50.6 Å². The van der Waals surface area contributed by atoms with E-state index in [1.54, 1.807) is 42.5 Å². The number of benzene rings is 9. The third-order valence-electron chi connectivity index (χ3n) is 13.9. The number of alkyl halides is 10. The first kappa shape index (κ1) is 67.5. The van der Waals surface area contributed by atoms with Crippen LogP contribution in [0.15, 0.2) is 237 Å². The number of tetrazole rings is 3. The molecule has 1 atom stereocenters. The Morgan fingerprint density at radius 2 is 0.883 bits per heavy atom. The van der Waals surface area contributed by atoms with Crippen LogP contribution in [0.4, 0.5) is 50.9 Å². The lowest BCUT2D eigenvalue weighted by molar-refractivity contribution is -0.138. The summed E-state index contributed by atoms with van der Waals surface area (Å²) in [7, 11) is 0. The molecule has 0 radical (unpaired) electrons. The molecular weight excluding hydrogens is 1300 g/mol. The van der Waals surface area contributed by atoms with E-state index in [-0.39, 0.29) is 24.7 Å². The fraction of sp³-hybridized carbons (Fsp3) is 0.132. The fourth-order valence-electron chi connectivity index (χ4n) is 9.14. The third-order valence-corrected chi connectivity index (χ3v) is 14.4. The molecule has 0 aliphatic heterocycles. The molecule has 1 unspecified atom stereocenters. The van der Waals surface area contributed by atoms with Crippen molar-refractivity contribution in [3.05, 3.63) is 292 Å². The number of halogens is 10. The quantitative estimate of drug-likeness (QED) is 0.0441. The second-order valence-corrected chi connectivity index (χ2v) is 21.0. The Morgan fingerprint density at radius 3 is 1.35 bits per heavy atom. The van der Waals surface area contributed by atoms with Gasteiger partial charge in [0.05, 0.1) is 28.6 Å². The van der Waals surface area contributed by atoms with E-state index in [9.17, 15) is 54.2 Å². The van der Waals surface area contributed by atoms with Gasteiger partial charge in [0, 0.05) is 39.2 Å². The number of aromatic nitrogens is 12. The number of hydrogen-bond acceptors (Lipinski definition) is 13. The number of carbonyl (C=O) groups is 2. The van der Waals surface area contributed by atoms with Crippen molar-refractivity contribution in [2.75, 3.05) is 10.6 Å². The molecule has 0 saturated carbocycles. The van der Waals surface area contributed by atoms with Crippen molar-refractivity contribution in [3.63, 3.8) is 0 Å². The van der Waals surface area contributed by atoms with Crippen LogP contribution in [0.2, 0.25) is 0 Å². The topological polar surface area (TPSA) is 208 Å². The summed E-state index contributed by atoms with van der Waals surface area (Å²) in [4.78, 5) is 25.9. The van der Waals surface area contributed by atoms with Gasteiger partial charge < -0.3 is 10.4 Å². The van der Waals surface area contributed by atoms with Gasteiger partial charge in [0.15, 0.2) is 11.6 Å². The van der Waals surface area contributed by atoms with Crippen LogP contribution in [0.25, 0.3) is 34.2 Å². The standard InChI is InChI=1S/C23H19F3N4O.C23H17F3N4O.C14H10F3N5.C8H7BrO/c2*24-23(25,26)19-12-10-16(11-13-19)14-18-8-4-5-9-20(18)22-27-29-30(28-22)15-21(31)17-6-2-1-3-7-17;15-14(16,17)9-5-7-10(8-6-9)18-12-4-2-1-3-11(12)13-19-21-22-20-13;9-6-8(10)7-4-2-1-3-5-7/h1-13,21,31H,14-15H2;1-13H,14-15H2;1-8,18H,(H,19,20,21,22);1-5H,6H2. The SMILES string of the molecule is FC(F)(F)c1ccc(Nc2ccccc2-c2nn[nH]n2)cc1.O=C(CBr)c1ccccc1.O=C(Cn1nnc(-c2ccccc2Cc2ccc(C(F)(F)F)cc2)n1)c1ccccc1.OC(Cn1nnc(-c2ccccc2Cc2ccc(C(F)(F)F)cc2)n1)c1ccccc1. The van der Waals surface area contributed by atoms with Crippen molar-refractivity contribution in [1.82, 2.24) is 61.0 Å². The Morgan fingerprint density at radius 1 is 0.468 bits per heavy atom. The highest BCUT2D eigenvalue weighted by atomic mass is 79.9. The molecule has 0 fully saturated rings. The van der Waals surface area contributed by atoms with Gasteiger partial charge in [0.2, 0.25) is 17.5 Å². The molecule has 12 aromatic rings. The van der Waals surface area contributed by atoms with E-state index in [1.165, 1.54) is 46.0 Å². The third kappa shape index (κ3) is 19.1. The van der Waals surface area contributed by atoms with Crippen LogP contribution in [-0.4, -0.2) is 83.0 Å². The van der Waals surface area contributed by atoms with E-state index in [0.29, 0.717) is 63.7 Å². The number of aliphatic hydroxyl groups excluding tert-OH is 1. The van der Waals surface area contributed by atoms with Gasteiger partial charge >= 0.3 is 18.5 Å². The molecule has 0 aliphatic carbocycles. The molecule has 3 heterocycles. The fourth-order valence-corrected chi connectivity index (χ4v) is 9.46.